The first-order valence-electron chi connectivity index (χ1n) is 5.51. The number of primary amides is 1. The van der Waals surface area contributed by atoms with Crippen molar-refractivity contribution in [3.05, 3.63) is 23.9 Å². The third-order valence-corrected chi connectivity index (χ3v) is 2.84. The van der Waals surface area contributed by atoms with Crippen LogP contribution >= 0.6 is 12.4 Å². The summed E-state index contributed by atoms with van der Waals surface area (Å²) in [5.74, 6) is -0.434. The van der Waals surface area contributed by atoms with Crippen molar-refractivity contribution >= 4 is 24.1 Å². The van der Waals surface area contributed by atoms with Crippen molar-refractivity contribution < 1.29 is 9.90 Å². The second-order valence-electron chi connectivity index (χ2n) is 4.30. The van der Waals surface area contributed by atoms with E-state index in [1.165, 1.54) is 0 Å². The van der Waals surface area contributed by atoms with Gasteiger partial charge in [0.05, 0.1) is 6.61 Å². The molecule has 0 saturated heterocycles. The van der Waals surface area contributed by atoms with Crippen LogP contribution in [0.15, 0.2) is 18.2 Å². The number of aliphatic hydroxyl groups is 1. The van der Waals surface area contributed by atoms with Crippen molar-refractivity contribution in [1.82, 2.24) is 4.98 Å². The normalized spacial score (nSPS) is 13.3. The number of halogens is 1. The minimum absolute atomic E-state index is 0. The molecule has 0 bridgehead atoms. The molecular formula is C12H20ClN3O2. The lowest BCUT2D eigenvalue weighted by molar-refractivity contribution is -0.122. The molecule has 0 fully saturated rings. The van der Waals surface area contributed by atoms with Crippen LogP contribution in [0.2, 0.25) is 0 Å². The molecule has 1 rings (SSSR count). The summed E-state index contributed by atoms with van der Waals surface area (Å²) in [6, 6.07) is 5.52. The number of amides is 1. The SMILES string of the molecule is CC(C(N)=O)[C@H](CO)c1cccc(N(C)C)n1.Cl. The molecule has 3 N–H and O–H groups in total. The van der Waals surface area contributed by atoms with Crippen LogP contribution in [0.3, 0.4) is 0 Å². The lowest BCUT2D eigenvalue weighted by Gasteiger charge is -2.20. The third kappa shape index (κ3) is 3.85. The third-order valence-electron chi connectivity index (χ3n) is 2.84. The van der Waals surface area contributed by atoms with E-state index in [1.54, 1.807) is 13.0 Å². The predicted molar refractivity (Wildman–Crippen MR) is 74.0 cm³/mol. The first-order chi connectivity index (χ1) is 7.97. The average molecular weight is 274 g/mol. The molecule has 0 aliphatic carbocycles. The van der Waals surface area contributed by atoms with E-state index in [1.807, 2.05) is 31.1 Å². The Balaban J connectivity index is 0.00000289. The molecule has 18 heavy (non-hydrogen) atoms. The fourth-order valence-electron chi connectivity index (χ4n) is 1.60. The molecule has 0 aliphatic heterocycles. The van der Waals surface area contributed by atoms with Gasteiger partial charge in [0, 0.05) is 31.6 Å². The monoisotopic (exact) mass is 273 g/mol. The average Bonchev–Trinajstić information content (AvgIpc) is 2.30. The Kier molecular flexibility index (Phi) is 6.65. The number of aromatic nitrogens is 1. The molecule has 0 radical (unpaired) electrons. The molecule has 2 atom stereocenters. The Morgan fingerprint density at radius 2 is 2.11 bits per heavy atom. The van der Waals surface area contributed by atoms with Gasteiger partial charge in [-0.1, -0.05) is 13.0 Å². The second kappa shape index (κ2) is 7.18. The number of hydrogen-bond donors (Lipinski definition) is 2. The summed E-state index contributed by atoms with van der Waals surface area (Å²) in [5.41, 5.74) is 5.94. The van der Waals surface area contributed by atoms with Crippen LogP contribution in [0.25, 0.3) is 0 Å². The van der Waals surface area contributed by atoms with Crippen LogP contribution in [0, 0.1) is 5.92 Å². The van der Waals surface area contributed by atoms with Gasteiger partial charge in [-0.15, -0.1) is 12.4 Å². The van der Waals surface area contributed by atoms with Gasteiger partial charge in [-0.2, -0.15) is 0 Å². The van der Waals surface area contributed by atoms with Crippen LogP contribution < -0.4 is 10.6 Å². The molecule has 1 amide bonds. The summed E-state index contributed by atoms with van der Waals surface area (Å²) in [6.07, 6.45) is 0. The molecule has 5 nitrogen and oxygen atoms in total. The number of anilines is 1. The van der Waals surface area contributed by atoms with Gasteiger partial charge in [0.15, 0.2) is 0 Å². The molecule has 0 spiro atoms. The highest BCUT2D eigenvalue weighted by atomic mass is 35.5. The fourth-order valence-corrected chi connectivity index (χ4v) is 1.60. The summed E-state index contributed by atoms with van der Waals surface area (Å²) in [6.45, 7) is 1.56. The number of pyridine rings is 1. The molecule has 6 heteroatoms. The maximum Gasteiger partial charge on any atom is 0.221 e. The highest BCUT2D eigenvalue weighted by molar-refractivity contribution is 5.85. The first-order valence-corrected chi connectivity index (χ1v) is 5.51. The van der Waals surface area contributed by atoms with Crippen molar-refractivity contribution in [2.24, 2.45) is 11.7 Å². The van der Waals surface area contributed by atoms with Gasteiger partial charge in [0.2, 0.25) is 5.91 Å². The van der Waals surface area contributed by atoms with E-state index < -0.39 is 11.8 Å². The quantitative estimate of drug-likeness (QED) is 0.830. The Labute approximate surface area is 113 Å². The number of carbonyl (C=O) groups excluding carboxylic acids is 1. The topological polar surface area (TPSA) is 79.5 Å². The summed E-state index contributed by atoms with van der Waals surface area (Å²) in [4.78, 5) is 17.4. The Morgan fingerprint density at radius 3 is 2.56 bits per heavy atom. The van der Waals surface area contributed by atoms with Gasteiger partial charge >= 0.3 is 0 Å². The molecule has 102 valence electrons. The van der Waals surface area contributed by atoms with Crippen LogP contribution in [-0.4, -0.2) is 36.7 Å². The summed E-state index contributed by atoms with van der Waals surface area (Å²) >= 11 is 0. The van der Waals surface area contributed by atoms with Crippen LogP contribution in [0.5, 0.6) is 0 Å². The molecule has 0 aliphatic rings. The molecule has 1 aromatic heterocycles. The van der Waals surface area contributed by atoms with Gasteiger partial charge in [-0.3, -0.25) is 4.79 Å². The van der Waals surface area contributed by atoms with Gasteiger partial charge < -0.3 is 15.7 Å². The van der Waals surface area contributed by atoms with Gasteiger partial charge in [0.1, 0.15) is 5.82 Å². The smallest absolute Gasteiger partial charge is 0.221 e. The molecule has 1 unspecified atom stereocenters. The summed E-state index contributed by atoms with van der Waals surface area (Å²) < 4.78 is 0. The van der Waals surface area contributed by atoms with Crippen LogP contribution in [-0.2, 0) is 4.79 Å². The number of aliphatic hydroxyl groups excluding tert-OH is 1. The second-order valence-corrected chi connectivity index (χ2v) is 4.30. The van der Waals surface area contributed by atoms with Crippen LogP contribution in [0.1, 0.15) is 18.5 Å². The Morgan fingerprint density at radius 1 is 1.50 bits per heavy atom. The van der Waals surface area contributed by atoms with Gasteiger partial charge in [-0.05, 0) is 12.1 Å². The lowest BCUT2D eigenvalue weighted by atomic mass is 9.91. The van der Waals surface area contributed by atoms with E-state index in [-0.39, 0.29) is 24.9 Å². The molecule has 1 heterocycles. The van der Waals surface area contributed by atoms with Gasteiger partial charge in [0.25, 0.3) is 0 Å². The predicted octanol–water partition coefficient (Wildman–Crippen LogP) is 0.767. The highest BCUT2D eigenvalue weighted by Crippen LogP contribution is 2.23. The number of nitrogens with two attached hydrogens (primary N) is 1. The maximum atomic E-state index is 11.2. The fraction of sp³-hybridized carbons (Fsp3) is 0.500. The minimum Gasteiger partial charge on any atom is -0.396 e. The van der Waals surface area contributed by atoms with Gasteiger partial charge in [-0.25, -0.2) is 4.98 Å². The number of carbonyl (C=O) groups is 1. The number of hydrogen-bond acceptors (Lipinski definition) is 4. The van der Waals surface area contributed by atoms with Crippen molar-refractivity contribution in [2.45, 2.75) is 12.8 Å². The molecule has 0 saturated carbocycles. The van der Waals surface area contributed by atoms with E-state index >= 15 is 0 Å². The van der Waals surface area contributed by atoms with E-state index in [9.17, 15) is 9.90 Å². The molecule has 1 aromatic rings. The number of nitrogens with zero attached hydrogens (tertiary/aromatic N) is 2. The molecular weight excluding hydrogens is 254 g/mol. The van der Waals surface area contributed by atoms with Crippen molar-refractivity contribution in [1.29, 1.82) is 0 Å². The van der Waals surface area contributed by atoms with E-state index in [4.69, 9.17) is 5.73 Å². The van der Waals surface area contributed by atoms with Crippen LogP contribution in [0.4, 0.5) is 5.82 Å². The van der Waals surface area contributed by atoms with E-state index in [0.717, 1.165) is 5.82 Å². The van der Waals surface area contributed by atoms with E-state index in [2.05, 4.69) is 4.98 Å². The molecule has 0 aromatic carbocycles. The zero-order chi connectivity index (χ0) is 13.0. The largest absolute Gasteiger partial charge is 0.396 e. The maximum absolute atomic E-state index is 11.2. The van der Waals surface area contributed by atoms with E-state index in [0.29, 0.717) is 5.69 Å². The van der Waals surface area contributed by atoms with Crippen molar-refractivity contribution in [3.8, 4) is 0 Å². The summed E-state index contributed by atoms with van der Waals surface area (Å²) in [7, 11) is 3.77. The zero-order valence-corrected chi connectivity index (χ0v) is 11.6. The number of rotatable bonds is 5. The standard InChI is InChI=1S/C12H19N3O2.ClH/c1-8(12(13)17)9(7-16)10-5-4-6-11(14-10)15(2)3;/h4-6,8-9,16H,7H2,1-3H3,(H2,13,17);1H/t8?,9-;/m0./s1. The van der Waals surface area contributed by atoms with Crippen molar-refractivity contribution in [2.75, 3.05) is 25.6 Å². The zero-order valence-electron chi connectivity index (χ0n) is 10.8. The Bertz CT molecular complexity index is 399. The summed E-state index contributed by atoms with van der Waals surface area (Å²) in [5, 5.41) is 9.37. The highest BCUT2D eigenvalue weighted by Gasteiger charge is 2.24. The first kappa shape index (κ1) is 16.7. The Hall–Kier alpha value is -1.33. The van der Waals surface area contributed by atoms with Crippen molar-refractivity contribution in [3.63, 3.8) is 0 Å². The lowest BCUT2D eigenvalue weighted by Crippen LogP contribution is -2.29. The minimum atomic E-state index is -0.440.